The third-order valence-electron chi connectivity index (χ3n) is 3.91. The van der Waals surface area contributed by atoms with Gasteiger partial charge >= 0.3 is 0 Å². The first kappa shape index (κ1) is 16.9. The van der Waals surface area contributed by atoms with Crippen molar-refractivity contribution in [1.82, 2.24) is 19.5 Å². The number of anilines is 2. The van der Waals surface area contributed by atoms with E-state index in [1.807, 2.05) is 22.8 Å². The molecule has 0 amide bonds. The smallest absolute Gasteiger partial charge is 0.227 e. The highest BCUT2D eigenvalue weighted by Crippen LogP contribution is 2.33. The van der Waals surface area contributed by atoms with Gasteiger partial charge in [0.15, 0.2) is 0 Å². The van der Waals surface area contributed by atoms with Gasteiger partial charge in [0.2, 0.25) is 5.95 Å². The molecule has 2 aromatic heterocycles. The highest BCUT2D eigenvalue weighted by molar-refractivity contribution is 5.85. The molecule has 0 saturated heterocycles. The summed E-state index contributed by atoms with van der Waals surface area (Å²) in [5.74, 6) is 0.423. The quantitative estimate of drug-likeness (QED) is 0.760. The Balaban J connectivity index is 2.07. The molecule has 0 fully saturated rings. The second kappa shape index (κ2) is 6.49. The van der Waals surface area contributed by atoms with Crippen LogP contribution in [0.4, 0.5) is 11.6 Å². The van der Waals surface area contributed by atoms with Crippen molar-refractivity contribution in [3.05, 3.63) is 42.0 Å². The number of imidazole rings is 1. The zero-order valence-corrected chi connectivity index (χ0v) is 14.5. The summed E-state index contributed by atoms with van der Waals surface area (Å²) in [6.45, 7) is 6.93. The van der Waals surface area contributed by atoms with Gasteiger partial charge in [-0.1, -0.05) is 20.8 Å². The minimum atomic E-state index is -0.0974. The SMILES string of the molecule is CC(C)(C)c1cc(Nc2ncc(C#N)cn2)cc2c1ncn2CCO. The number of aliphatic hydroxyl groups is 1. The van der Waals surface area contributed by atoms with Gasteiger partial charge in [-0.15, -0.1) is 0 Å². The van der Waals surface area contributed by atoms with Crippen LogP contribution in [0.15, 0.2) is 30.9 Å². The molecule has 0 spiro atoms. The van der Waals surface area contributed by atoms with Crippen LogP contribution >= 0.6 is 0 Å². The van der Waals surface area contributed by atoms with Crippen molar-refractivity contribution < 1.29 is 5.11 Å². The summed E-state index contributed by atoms with van der Waals surface area (Å²) in [5, 5.41) is 21.3. The van der Waals surface area contributed by atoms with Gasteiger partial charge in [0.1, 0.15) is 6.07 Å². The Hall–Kier alpha value is -2.98. The van der Waals surface area contributed by atoms with E-state index in [1.165, 1.54) is 12.4 Å². The summed E-state index contributed by atoms with van der Waals surface area (Å²) in [5.41, 5.74) is 4.11. The number of aromatic nitrogens is 4. The van der Waals surface area contributed by atoms with Gasteiger partial charge in [0.05, 0.1) is 41.9 Å². The largest absolute Gasteiger partial charge is 0.395 e. The van der Waals surface area contributed by atoms with Crippen LogP contribution in [0.3, 0.4) is 0 Å². The molecular formula is C18H20N6O. The molecule has 25 heavy (non-hydrogen) atoms. The van der Waals surface area contributed by atoms with E-state index in [9.17, 15) is 5.11 Å². The summed E-state index contributed by atoms with van der Waals surface area (Å²) in [6.07, 6.45) is 4.71. The number of nitriles is 1. The van der Waals surface area contributed by atoms with E-state index in [0.29, 0.717) is 18.1 Å². The van der Waals surface area contributed by atoms with E-state index in [2.05, 4.69) is 41.0 Å². The number of hydrogen-bond acceptors (Lipinski definition) is 6. The lowest BCUT2D eigenvalue weighted by atomic mass is 9.86. The minimum Gasteiger partial charge on any atom is -0.395 e. The summed E-state index contributed by atoms with van der Waals surface area (Å²) in [7, 11) is 0. The molecule has 0 aliphatic rings. The second-order valence-electron chi connectivity index (χ2n) is 6.84. The predicted octanol–water partition coefficient (Wildman–Crippen LogP) is 2.73. The monoisotopic (exact) mass is 336 g/mol. The number of fused-ring (bicyclic) bond motifs is 1. The minimum absolute atomic E-state index is 0.0483. The third kappa shape index (κ3) is 3.44. The number of aliphatic hydroxyl groups excluding tert-OH is 1. The zero-order chi connectivity index (χ0) is 18.0. The topological polar surface area (TPSA) is 99.7 Å². The van der Waals surface area contributed by atoms with Crippen molar-refractivity contribution in [3.63, 3.8) is 0 Å². The third-order valence-corrected chi connectivity index (χ3v) is 3.91. The van der Waals surface area contributed by atoms with Crippen molar-refractivity contribution in [2.75, 3.05) is 11.9 Å². The van der Waals surface area contributed by atoms with Crippen LogP contribution in [0, 0.1) is 11.3 Å². The number of hydrogen-bond donors (Lipinski definition) is 2. The molecular weight excluding hydrogens is 316 g/mol. The summed E-state index contributed by atoms with van der Waals surface area (Å²) < 4.78 is 1.93. The van der Waals surface area contributed by atoms with Crippen LogP contribution < -0.4 is 5.32 Å². The maximum atomic E-state index is 9.27. The van der Waals surface area contributed by atoms with Crippen LogP contribution in [-0.2, 0) is 12.0 Å². The van der Waals surface area contributed by atoms with Crippen molar-refractivity contribution in [2.24, 2.45) is 0 Å². The van der Waals surface area contributed by atoms with Crippen LogP contribution in [0.1, 0.15) is 31.9 Å². The van der Waals surface area contributed by atoms with Gasteiger partial charge in [0, 0.05) is 12.2 Å². The fourth-order valence-corrected chi connectivity index (χ4v) is 2.67. The van der Waals surface area contributed by atoms with Gasteiger partial charge in [-0.05, 0) is 23.1 Å². The predicted molar refractivity (Wildman–Crippen MR) is 95.5 cm³/mol. The van der Waals surface area contributed by atoms with E-state index < -0.39 is 0 Å². The lowest BCUT2D eigenvalue weighted by molar-refractivity contribution is 0.278. The van der Waals surface area contributed by atoms with Gasteiger partial charge in [-0.2, -0.15) is 5.26 Å². The average molecular weight is 336 g/mol. The van der Waals surface area contributed by atoms with Gasteiger partial charge < -0.3 is 15.0 Å². The fourth-order valence-electron chi connectivity index (χ4n) is 2.67. The molecule has 0 unspecified atom stereocenters. The summed E-state index contributed by atoms with van der Waals surface area (Å²) in [4.78, 5) is 12.8. The van der Waals surface area contributed by atoms with Gasteiger partial charge in [-0.3, -0.25) is 0 Å². The van der Waals surface area contributed by atoms with Crippen molar-refractivity contribution >= 4 is 22.7 Å². The molecule has 2 heterocycles. The highest BCUT2D eigenvalue weighted by atomic mass is 16.3. The van der Waals surface area contributed by atoms with Crippen LogP contribution in [-0.4, -0.2) is 31.2 Å². The molecule has 0 bridgehead atoms. The maximum absolute atomic E-state index is 9.27. The standard InChI is InChI=1S/C18H20N6O/c1-18(2,3)14-6-13(23-17-20-9-12(8-19)10-21-17)7-15-16(14)22-11-24(15)4-5-25/h6-7,9-11,25H,4-5H2,1-3H3,(H,20,21,23). The lowest BCUT2D eigenvalue weighted by Crippen LogP contribution is -2.13. The molecule has 7 nitrogen and oxygen atoms in total. The molecule has 0 saturated carbocycles. The molecule has 2 N–H and O–H groups in total. The Morgan fingerprint density at radius 3 is 2.52 bits per heavy atom. The van der Waals surface area contributed by atoms with E-state index in [-0.39, 0.29) is 12.0 Å². The first-order chi connectivity index (χ1) is 11.9. The highest BCUT2D eigenvalue weighted by Gasteiger charge is 2.21. The molecule has 1 aromatic carbocycles. The molecule has 0 atom stereocenters. The molecule has 3 aromatic rings. The van der Waals surface area contributed by atoms with Gasteiger partial charge in [0.25, 0.3) is 0 Å². The Morgan fingerprint density at radius 1 is 1.20 bits per heavy atom. The Kier molecular flexibility index (Phi) is 4.38. The van der Waals surface area contributed by atoms with E-state index in [4.69, 9.17) is 5.26 Å². The molecule has 7 heteroatoms. The molecule has 3 rings (SSSR count). The lowest BCUT2D eigenvalue weighted by Gasteiger charge is -2.21. The first-order valence-electron chi connectivity index (χ1n) is 8.02. The number of nitrogens with zero attached hydrogens (tertiary/aromatic N) is 5. The Labute approximate surface area is 146 Å². The normalized spacial score (nSPS) is 11.5. The number of nitrogens with one attached hydrogen (secondary N) is 1. The molecule has 0 aliphatic carbocycles. The Morgan fingerprint density at radius 2 is 1.92 bits per heavy atom. The van der Waals surface area contributed by atoms with E-state index in [1.54, 1.807) is 6.33 Å². The second-order valence-corrected chi connectivity index (χ2v) is 6.84. The van der Waals surface area contributed by atoms with E-state index in [0.717, 1.165) is 22.3 Å². The van der Waals surface area contributed by atoms with E-state index >= 15 is 0 Å². The summed E-state index contributed by atoms with van der Waals surface area (Å²) in [6, 6.07) is 6.01. The molecule has 0 radical (unpaired) electrons. The van der Waals surface area contributed by atoms with Crippen molar-refractivity contribution in [1.29, 1.82) is 5.26 Å². The Bertz CT molecular complexity index is 931. The number of rotatable bonds is 4. The van der Waals surface area contributed by atoms with Crippen LogP contribution in [0.25, 0.3) is 11.0 Å². The zero-order valence-electron chi connectivity index (χ0n) is 14.5. The molecule has 128 valence electrons. The summed E-state index contributed by atoms with van der Waals surface area (Å²) >= 11 is 0. The number of benzene rings is 1. The van der Waals surface area contributed by atoms with Crippen molar-refractivity contribution in [2.45, 2.75) is 32.7 Å². The fraction of sp³-hybridized carbons (Fsp3) is 0.333. The van der Waals surface area contributed by atoms with Crippen LogP contribution in [0.2, 0.25) is 0 Å². The van der Waals surface area contributed by atoms with Crippen LogP contribution in [0.5, 0.6) is 0 Å². The van der Waals surface area contributed by atoms with Gasteiger partial charge in [-0.25, -0.2) is 15.0 Å². The van der Waals surface area contributed by atoms with Crippen molar-refractivity contribution in [3.8, 4) is 6.07 Å². The maximum Gasteiger partial charge on any atom is 0.227 e. The first-order valence-corrected chi connectivity index (χ1v) is 8.02. The molecule has 0 aliphatic heterocycles. The average Bonchev–Trinajstić information content (AvgIpc) is 2.97.